The van der Waals surface area contributed by atoms with E-state index in [1.807, 2.05) is 0 Å². The number of hydrogen-bond acceptors (Lipinski definition) is 0. The van der Waals surface area contributed by atoms with Gasteiger partial charge in [0, 0.05) is 0 Å². The van der Waals surface area contributed by atoms with Crippen molar-refractivity contribution in [3.63, 3.8) is 0 Å². The molecule has 0 aromatic carbocycles. The van der Waals surface area contributed by atoms with Crippen molar-refractivity contribution in [1.29, 1.82) is 0 Å². The summed E-state index contributed by atoms with van der Waals surface area (Å²) in [6.45, 7) is 0. The first-order valence-electron chi connectivity index (χ1n) is 0.707. The van der Waals surface area contributed by atoms with E-state index in [2.05, 4.69) is 0 Å². The van der Waals surface area contributed by atoms with E-state index >= 15 is 0 Å². The summed E-state index contributed by atoms with van der Waals surface area (Å²) in [5.74, 6) is 0. The molecule has 0 spiro atoms. The number of hydrogen-bond donors (Lipinski definition) is 0. The van der Waals surface area contributed by atoms with Crippen LogP contribution in [-0.4, -0.2) is 48.9 Å². The average Bonchev–Trinajstić information content (AvgIpc) is 1.00. The molecule has 0 N–H and O–H groups in total. The van der Waals surface area contributed by atoms with Crippen molar-refractivity contribution >= 4 is 48.9 Å². The van der Waals surface area contributed by atoms with Crippen LogP contribution in [0.1, 0.15) is 0 Å². The van der Waals surface area contributed by atoms with Crippen LogP contribution in [0.15, 0.2) is 0 Å². The van der Waals surface area contributed by atoms with Crippen molar-refractivity contribution in [3.8, 4) is 0 Å². The molecule has 0 aliphatic rings. The average molecular weight is 153 g/mol. The van der Waals surface area contributed by atoms with Gasteiger partial charge in [0.2, 0.25) is 0 Å². The number of rotatable bonds is 0. The van der Waals surface area contributed by atoms with E-state index in [0.717, 1.165) is 0 Å². The fraction of sp³-hybridized carbons (Fsp3) is 0. The third kappa shape index (κ3) is 8.91. The Kier molecular flexibility index (Phi) is 79.2. The van der Waals surface area contributed by atoms with Gasteiger partial charge >= 0.3 is 49.1 Å². The molecule has 0 aromatic heterocycles. The zero-order valence-electron chi connectivity index (χ0n) is 1.71. The van der Waals surface area contributed by atoms with Crippen LogP contribution in [0.25, 0.3) is 0 Å². The van der Waals surface area contributed by atoms with Crippen molar-refractivity contribution in [2.45, 2.75) is 0 Å². The first-order chi connectivity index (χ1) is 1.00. The molecule has 0 nitrogen and oxygen atoms in total. The molecule has 0 heterocycles. The van der Waals surface area contributed by atoms with Gasteiger partial charge in [0.25, 0.3) is 0 Å². The third-order valence-corrected chi connectivity index (χ3v) is 0. The predicted molar refractivity (Wildman–Crippen MR) is 28.4 cm³/mol. The molecule has 4 heteroatoms. The topological polar surface area (TPSA) is 0 Å². The Morgan fingerprint density at radius 1 is 1.25 bits per heavy atom. The summed E-state index contributed by atoms with van der Waals surface area (Å²) >= 11 is 1.51. The molecule has 0 saturated carbocycles. The molecule has 0 amide bonds. The first-order valence-corrected chi connectivity index (χ1v) is 11.0. The minimum atomic E-state index is 0. The fourth-order valence-electron chi connectivity index (χ4n) is 0. The molecule has 0 aliphatic heterocycles. The predicted octanol–water partition coefficient (Wildman–Crippen LogP) is -3.29. The van der Waals surface area contributed by atoms with Gasteiger partial charge < -0.3 is 0 Å². The van der Waals surface area contributed by atoms with Gasteiger partial charge in [-0.1, -0.05) is 0 Å². The molecule has 0 saturated heterocycles. The molecule has 0 aromatic rings. The molecular formula is H8AlMgSiZn. The van der Waals surface area contributed by atoms with Gasteiger partial charge in [-0.3, -0.25) is 0 Å². The van der Waals surface area contributed by atoms with Crippen molar-refractivity contribution < 1.29 is 17.6 Å². The Hall–Kier alpha value is 2.14. The molecule has 0 unspecified atom stereocenters. The molecule has 0 bridgehead atoms. The second-order valence-corrected chi connectivity index (χ2v) is 0. The SMILES string of the molecule is [AlH3].[MgH2].[SiH3][Zn]. The molecule has 0 radical (unpaired) electrons. The quantitative estimate of drug-likeness (QED) is 0.320. The van der Waals surface area contributed by atoms with Gasteiger partial charge in [0.15, 0.2) is 17.4 Å². The second-order valence-electron chi connectivity index (χ2n) is 0. The Morgan fingerprint density at radius 2 is 1.25 bits per heavy atom. The second kappa shape index (κ2) is 19.2. The molecule has 19 valence electrons. The van der Waals surface area contributed by atoms with Crippen LogP contribution in [0.3, 0.4) is 0 Å². The Morgan fingerprint density at radius 3 is 1.25 bits per heavy atom. The van der Waals surface area contributed by atoms with Crippen LogP contribution in [0.5, 0.6) is 0 Å². The van der Waals surface area contributed by atoms with Crippen LogP contribution in [0, 0.1) is 0 Å². The van der Waals surface area contributed by atoms with Gasteiger partial charge in [-0.2, -0.15) is 0 Å². The minimum absolute atomic E-state index is 0. The summed E-state index contributed by atoms with van der Waals surface area (Å²) < 4.78 is 0. The summed E-state index contributed by atoms with van der Waals surface area (Å²) in [4.78, 5) is 0. The normalized spacial score (nSPS) is 2.50. The Bertz CT molecular complexity index is 8.00. The zero-order chi connectivity index (χ0) is 2.00. The summed E-state index contributed by atoms with van der Waals surface area (Å²) in [5.41, 5.74) is 0. The van der Waals surface area contributed by atoms with E-state index in [1.54, 1.807) is 0 Å². The van der Waals surface area contributed by atoms with Gasteiger partial charge in [0.1, 0.15) is 0 Å². The van der Waals surface area contributed by atoms with E-state index in [1.165, 1.54) is 26.1 Å². The van der Waals surface area contributed by atoms with E-state index < -0.39 is 0 Å². The summed E-state index contributed by atoms with van der Waals surface area (Å²) in [6.07, 6.45) is 0. The maximum atomic E-state index is 1.51. The molecule has 0 atom stereocenters. The van der Waals surface area contributed by atoms with Crippen molar-refractivity contribution in [3.05, 3.63) is 0 Å². The van der Waals surface area contributed by atoms with Crippen molar-refractivity contribution in [2.75, 3.05) is 0 Å². The monoisotopic (exact) mass is 151 g/mol. The first kappa shape index (κ1) is 16.5. The van der Waals surface area contributed by atoms with Crippen LogP contribution >= 0.6 is 0 Å². The Labute approximate surface area is 65.8 Å². The summed E-state index contributed by atoms with van der Waals surface area (Å²) in [5, 5.41) is 0. The molecule has 0 aliphatic carbocycles. The van der Waals surface area contributed by atoms with Crippen LogP contribution in [-0.2, 0) is 17.6 Å². The van der Waals surface area contributed by atoms with Crippen LogP contribution in [0.4, 0.5) is 0 Å². The summed E-state index contributed by atoms with van der Waals surface area (Å²) in [6, 6.07) is 0. The maximum absolute atomic E-state index is 1.51. The third-order valence-electron chi connectivity index (χ3n) is 0. The van der Waals surface area contributed by atoms with Gasteiger partial charge in [-0.25, -0.2) is 0 Å². The van der Waals surface area contributed by atoms with Gasteiger partial charge in [-0.15, -0.1) is 0 Å². The van der Waals surface area contributed by atoms with Crippen LogP contribution in [0.2, 0.25) is 0 Å². The van der Waals surface area contributed by atoms with E-state index in [4.69, 9.17) is 0 Å². The molecule has 0 fully saturated rings. The van der Waals surface area contributed by atoms with E-state index in [0.29, 0.717) is 0 Å². The molecule has 4 heavy (non-hydrogen) atoms. The Balaban J connectivity index is -0.00000000500. The standard InChI is InChI=1S/Al.Mg.H3Si.Zn.5H/h;;1H3;;;;;;. The van der Waals surface area contributed by atoms with Gasteiger partial charge in [-0.05, 0) is 0 Å². The molecular weight excluding hydrogens is 145 g/mol. The van der Waals surface area contributed by atoms with Crippen LogP contribution < -0.4 is 0 Å². The van der Waals surface area contributed by atoms with Crippen molar-refractivity contribution in [1.82, 2.24) is 0 Å². The van der Waals surface area contributed by atoms with Crippen molar-refractivity contribution in [2.24, 2.45) is 0 Å². The van der Waals surface area contributed by atoms with E-state index in [9.17, 15) is 0 Å². The van der Waals surface area contributed by atoms with Gasteiger partial charge in [0.05, 0.1) is 0 Å². The fourth-order valence-corrected chi connectivity index (χ4v) is 0. The van der Waals surface area contributed by atoms with E-state index in [-0.39, 0.29) is 40.4 Å². The summed E-state index contributed by atoms with van der Waals surface area (Å²) in [7, 11) is 1.43. The zero-order valence-corrected chi connectivity index (χ0v) is 6.67. The molecule has 0 rings (SSSR count).